The molecule has 4 aliphatic carbocycles. The van der Waals surface area contributed by atoms with E-state index in [0.717, 1.165) is 5.56 Å². The molecule has 0 spiro atoms. The average molecular weight is 619 g/mol. The summed E-state index contributed by atoms with van der Waals surface area (Å²) in [5.74, 6) is -3.01. The molecule has 4 aliphatic rings. The number of carbonyl (C=O) groups excluding carboxylic acids is 3. The lowest BCUT2D eigenvalue weighted by atomic mass is 9.44. The molecule has 3 fully saturated rings. The van der Waals surface area contributed by atoms with Crippen LogP contribution in [0.3, 0.4) is 0 Å². The lowest BCUT2D eigenvalue weighted by molar-refractivity contribution is -0.221. The predicted molar refractivity (Wildman–Crippen MR) is 153 cm³/mol. The van der Waals surface area contributed by atoms with Crippen LogP contribution < -0.4 is 0 Å². The summed E-state index contributed by atoms with van der Waals surface area (Å²) in [6, 6.07) is 5.94. The molecule has 1 N–H and O–H groups in total. The summed E-state index contributed by atoms with van der Waals surface area (Å²) < 4.78 is 59.7. The Morgan fingerprint density at radius 1 is 1.14 bits per heavy atom. The van der Waals surface area contributed by atoms with Crippen molar-refractivity contribution in [3.63, 3.8) is 0 Å². The fraction of sp³-hybridized carbons (Fsp3) is 0.594. The van der Waals surface area contributed by atoms with Crippen LogP contribution in [-0.4, -0.2) is 61.8 Å². The van der Waals surface area contributed by atoms with Crippen molar-refractivity contribution in [1.29, 1.82) is 0 Å². The van der Waals surface area contributed by atoms with Crippen molar-refractivity contribution in [3.8, 4) is 0 Å². The van der Waals surface area contributed by atoms with E-state index in [1.54, 1.807) is 52.8 Å². The molecule has 0 bridgehead atoms. The number of fused-ring (bicyclic) bond motifs is 5. The summed E-state index contributed by atoms with van der Waals surface area (Å²) in [5, 5.41) is 11.7. The van der Waals surface area contributed by atoms with Crippen molar-refractivity contribution < 1.29 is 46.0 Å². The second-order valence-electron chi connectivity index (χ2n) is 12.9. The number of aliphatic hydroxyl groups excluding tert-OH is 1. The molecule has 0 aliphatic heterocycles. The topological polar surface area (TPSA) is 133 Å². The molecule has 234 valence electrons. The number of hydrogen-bond donors (Lipinski definition) is 1. The van der Waals surface area contributed by atoms with Gasteiger partial charge in [0.05, 0.1) is 17.6 Å². The first-order valence-electron chi connectivity index (χ1n) is 14.7. The maximum Gasteiger partial charge on any atom is 0.509 e. The third-order valence-corrected chi connectivity index (χ3v) is 12.0. The SMILES string of the molecule is CCOC(=O)O[C@]1(C(=O)COS(=O)(=O)c2ccc(C)cc2)[C@H](C)C[C@H]2[C@@H]3CCC4=CC(=O)C=C[C@]4(C)[C@@]3(F)[C@@H](O)C[C@@]21C. The first-order valence-corrected chi connectivity index (χ1v) is 16.1. The van der Waals surface area contributed by atoms with Crippen LogP contribution in [0.25, 0.3) is 0 Å². The van der Waals surface area contributed by atoms with Gasteiger partial charge >= 0.3 is 6.16 Å². The highest BCUT2D eigenvalue weighted by atomic mass is 32.2. The number of alkyl halides is 1. The summed E-state index contributed by atoms with van der Waals surface area (Å²) in [6.45, 7) is 7.50. The molecule has 3 saturated carbocycles. The zero-order valence-corrected chi connectivity index (χ0v) is 25.9. The van der Waals surface area contributed by atoms with Crippen molar-refractivity contribution in [2.75, 3.05) is 13.2 Å². The maximum absolute atomic E-state index is 17.6. The maximum atomic E-state index is 17.6. The van der Waals surface area contributed by atoms with Gasteiger partial charge in [-0.25, -0.2) is 9.18 Å². The van der Waals surface area contributed by atoms with Gasteiger partial charge in [0.1, 0.15) is 6.61 Å². The fourth-order valence-corrected chi connectivity index (χ4v) is 9.56. The molecule has 8 atom stereocenters. The highest BCUT2D eigenvalue weighted by Gasteiger charge is 2.77. The van der Waals surface area contributed by atoms with Crippen LogP contribution in [-0.2, 0) is 33.4 Å². The third-order valence-electron chi connectivity index (χ3n) is 10.8. The largest absolute Gasteiger partial charge is 0.509 e. The molecule has 11 heteroatoms. The minimum absolute atomic E-state index is 0.0344. The van der Waals surface area contributed by atoms with Gasteiger partial charge in [0.25, 0.3) is 10.1 Å². The summed E-state index contributed by atoms with van der Waals surface area (Å²) in [4.78, 5) is 39.1. The van der Waals surface area contributed by atoms with Gasteiger partial charge in [-0.2, -0.15) is 8.42 Å². The lowest BCUT2D eigenvalue weighted by Crippen LogP contribution is -2.70. The van der Waals surface area contributed by atoms with Gasteiger partial charge in [-0.1, -0.05) is 43.2 Å². The monoisotopic (exact) mass is 618 g/mol. The number of carbonyl (C=O) groups is 3. The number of ketones is 2. The highest BCUT2D eigenvalue weighted by molar-refractivity contribution is 7.86. The standard InChI is InChI=1S/C32H39FO9S/c1-6-40-28(37)42-32(27(36)18-41-43(38,39)23-10-7-19(2)8-11-23)20(3)15-25-24-12-9-21-16-22(34)13-14-29(21,4)31(24,33)26(35)17-30(25,32)5/h7-8,10-11,13-14,16,20,24-26,35H,6,9,12,15,17-18H2,1-5H3/t20-,24+,25+,26+,29+,30+,31+,32+/m1/s1. The van der Waals surface area contributed by atoms with E-state index in [1.165, 1.54) is 24.3 Å². The van der Waals surface area contributed by atoms with E-state index >= 15 is 4.39 Å². The molecule has 0 saturated heterocycles. The van der Waals surface area contributed by atoms with E-state index < -0.39 is 74.6 Å². The van der Waals surface area contributed by atoms with Crippen molar-refractivity contribution in [2.45, 2.75) is 82.6 Å². The van der Waals surface area contributed by atoms with Gasteiger partial charge in [0, 0.05) is 22.7 Å². The Morgan fingerprint density at radius 3 is 2.47 bits per heavy atom. The van der Waals surface area contributed by atoms with E-state index in [-0.39, 0.29) is 30.1 Å². The van der Waals surface area contributed by atoms with Crippen LogP contribution in [0.2, 0.25) is 0 Å². The van der Waals surface area contributed by atoms with E-state index in [2.05, 4.69) is 0 Å². The molecular formula is C32H39FO9S. The molecular weight excluding hydrogens is 579 g/mol. The van der Waals surface area contributed by atoms with E-state index in [0.29, 0.717) is 18.4 Å². The number of rotatable bonds is 7. The molecule has 0 amide bonds. The normalized spacial score (nSPS) is 38.4. The molecule has 0 unspecified atom stereocenters. The van der Waals surface area contributed by atoms with Gasteiger partial charge in [-0.15, -0.1) is 0 Å². The molecule has 9 nitrogen and oxygen atoms in total. The summed E-state index contributed by atoms with van der Waals surface area (Å²) in [7, 11) is -4.34. The minimum atomic E-state index is -4.34. The summed E-state index contributed by atoms with van der Waals surface area (Å²) in [6.07, 6.45) is 2.35. The number of halogens is 1. The van der Waals surface area contributed by atoms with E-state index in [9.17, 15) is 27.9 Å². The van der Waals surface area contributed by atoms with E-state index in [1.807, 2.05) is 0 Å². The zero-order valence-electron chi connectivity index (χ0n) is 25.1. The second-order valence-corrected chi connectivity index (χ2v) is 14.5. The molecule has 0 heterocycles. The minimum Gasteiger partial charge on any atom is -0.435 e. The number of aryl methyl sites for hydroxylation is 1. The molecule has 1 aromatic rings. The molecule has 0 radical (unpaired) electrons. The van der Waals surface area contributed by atoms with Crippen LogP contribution in [0.1, 0.15) is 58.9 Å². The van der Waals surface area contributed by atoms with Gasteiger partial charge in [0.15, 0.2) is 17.1 Å². The first-order chi connectivity index (χ1) is 20.1. The Hall–Kier alpha value is -2.89. The smallest absolute Gasteiger partial charge is 0.435 e. The van der Waals surface area contributed by atoms with Crippen molar-refractivity contribution in [3.05, 3.63) is 53.6 Å². The number of allylic oxidation sites excluding steroid dienone is 4. The van der Waals surface area contributed by atoms with Gasteiger partial charge in [-0.05, 0) is 76.7 Å². The Morgan fingerprint density at radius 2 is 1.81 bits per heavy atom. The molecule has 43 heavy (non-hydrogen) atoms. The molecule has 0 aromatic heterocycles. The Balaban J connectivity index is 1.54. The quantitative estimate of drug-likeness (QED) is 0.338. The Bertz CT molecular complexity index is 1500. The van der Waals surface area contributed by atoms with Crippen molar-refractivity contribution >= 4 is 27.8 Å². The predicted octanol–water partition coefficient (Wildman–Crippen LogP) is 4.80. The average Bonchev–Trinajstić information content (AvgIpc) is 3.15. The zero-order chi connectivity index (χ0) is 31.6. The number of Topliss-reactive ketones (excluding diaryl/α,β-unsaturated/α-hetero) is 1. The van der Waals surface area contributed by atoms with Crippen LogP contribution in [0.4, 0.5) is 9.18 Å². The van der Waals surface area contributed by atoms with Crippen LogP contribution in [0, 0.1) is 35.5 Å². The number of ether oxygens (including phenoxy) is 2. The van der Waals surface area contributed by atoms with Gasteiger partial charge in [0.2, 0.25) is 5.78 Å². The summed E-state index contributed by atoms with van der Waals surface area (Å²) >= 11 is 0. The number of hydrogen-bond acceptors (Lipinski definition) is 9. The highest BCUT2D eigenvalue weighted by Crippen LogP contribution is 2.71. The first kappa shape index (κ1) is 31.5. The van der Waals surface area contributed by atoms with Gasteiger partial charge in [-0.3, -0.25) is 13.8 Å². The Labute approximate surface area is 251 Å². The number of aliphatic hydroxyl groups is 1. The van der Waals surface area contributed by atoms with E-state index in [4.69, 9.17) is 13.7 Å². The number of benzene rings is 1. The van der Waals surface area contributed by atoms with Crippen LogP contribution in [0.15, 0.2) is 53.0 Å². The van der Waals surface area contributed by atoms with Crippen molar-refractivity contribution in [1.82, 2.24) is 0 Å². The molecule has 5 rings (SSSR count). The fourth-order valence-electron chi connectivity index (χ4n) is 8.69. The Kier molecular flexibility index (Phi) is 7.79. The van der Waals surface area contributed by atoms with Gasteiger partial charge < -0.3 is 14.6 Å². The lowest BCUT2D eigenvalue weighted by Gasteiger charge is -2.62. The third kappa shape index (κ3) is 4.52. The van der Waals surface area contributed by atoms with Crippen LogP contribution in [0.5, 0.6) is 0 Å². The van der Waals surface area contributed by atoms with Crippen LogP contribution >= 0.6 is 0 Å². The second kappa shape index (κ2) is 10.6. The summed E-state index contributed by atoms with van der Waals surface area (Å²) in [5.41, 5.74) is -5.21. The van der Waals surface area contributed by atoms with Crippen molar-refractivity contribution in [2.24, 2.45) is 28.6 Å². The molecule has 1 aromatic carbocycles.